The molecule has 1 unspecified atom stereocenters. The molecular weight excluding hydrogens is 226 g/mol. The number of benzene rings is 1. The minimum absolute atomic E-state index is 0.223. The molecule has 0 aliphatic carbocycles. The van der Waals surface area contributed by atoms with Crippen LogP contribution in [0.1, 0.15) is 5.56 Å². The summed E-state index contributed by atoms with van der Waals surface area (Å²) in [6, 6.07) is 9.37. The Hall–Kier alpha value is -1.20. The molecule has 1 aromatic carbocycles. The zero-order valence-electron chi connectivity index (χ0n) is 8.83. The minimum atomic E-state index is -1.38. The maximum absolute atomic E-state index is 11.3. The summed E-state index contributed by atoms with van der Waals surface area (Å²) in [7, 11) is -1.38. The summed E-state index contributed by atoms with van der Waals surface area (Å²) in [5, 5.41) is 8.45. The van der Waals surface area contributed by atoms with Crippen molar-refractivity contribution in [3.8, 4) is 0 Å². The van der Waals surface area contributed by atoms with Gasteiger partial charge in [-0.1, -0.05) is 30.3 Å². The molecule has 0 heterocycles. The van der Waals surface area contributed by atoms with Crippen molar-refractivity contribution >= 4 is 16.8 Å². The van der Waals surface area contributed by atoms with Crippen molar-refractivity contribution in [1.29, 1.82) is 0 Å². The van der Waals surface area contributed by atoms with E-state index < -0.39 is 16.8 Å². The maximum atomic E-state index is 11.3. The molecule has 0 bridgehead atoms. The molecule has 0 radical (unpaired) electrons. The molecule has 88 valence electrons. The highest BCUT2D eigenvalue weighted by Crippen LogP contribution is 2.02. The molecule has 0 saturated heterocycles. The Bertz CT molecular complexity index is 367. The predicted octanol–water partition coefficient (Wildman–Crippen LogP) is 0.390. The summed E-state index contributed by atoms with van der Waals surface area (Å²) >= 11 is 0. The van der Waals surface area contributed by atoms with Crippen molar-refractivity contribution in [3.05, 3.63) is 35.9 Å². The van der Waals surface area contributed by atoms with Crippen LogP contribution in [-0.2, 0) is 22.0 Å². The van der Waals surface area contributed by atoms with Crippen molar-refractivity contribution in [2.75, 3.05) is 11.5 Å². The van der Waals surface area contributed by atoms with Crippen LogP contribution in [0.3, 0.4) is 0 Å². The number of aliphatic carboxylic acids is 1. The molecule has 3 N–H and O–H groups in total. The second-order valence-corrected chi connectivity index (χ2v) is 5.10. The molecule has 4 nitrogen and oxygen atoms in total. The van der Waals surface area contributed by atoms with Crippen molar-refractivity contribution in [2.24, 2.45) is 5.73 Å². The van der Waals surface area contributed by atoms with Gasteiger partial charge in [0.2, 0.25) is 0 Å². The summed E-state index contributed by atoms with van der Waals surface area (Å²) in [4.78, 5) is 10.3. The molecule has 0 amide bonds. The third kappa shape index (κ3) is 5.04. The molecule has 16 heavy (non-hydrogen) atoms. The zero-order chi connectivity index (χ0) is 12.0. The van der Waals surface area contributed by atoms with Gasteiger partial charge in [0.05, 0.1) is 0 Å². The summed E-state index contributed by atoms with van der Waals surface area (Å²) in [5.74, 6) is -1.16. The van der Waals surface area contributed by atoms with Crippen molar-refractivity contribution in [3.63, 3.8) is 0 Å². The Morgan fingerprint density at radius 3 is 2.56 bits per heavy atom. The van der Waals surface area contributed by atoms with Crippen molar-refractivity contribution in [1.82, 2.24) is 0 Å². The standard InChI is InChI=1S/C11H15NO3S/c12-10(7-16(15)8-11(13)14)6-9-4-2-1-3-5-9/h1-5,10H,6-8,12H2,(H,13,14)/t10?,16-/m0/s1. The fraction of sp³-hybridized carbons (Fsp3) is 0.364. The number of nitrogens with two attached hydrogens (primary N) is 1. The molecule has 0 aliphatic rings. The van der Waals surface area contributed by atoms with Crippen LogP contribution in [0.4, 0.5) is 0 Å². The third-order valence-corrected chi connectivity index (χ3v) is 3.39. The molecule has 0 spiro atoms. The van der Waals surface area contributed by atoms with Crippen LogP contribution in [0.2, 0.25) is 0 Å². The lowest BCUT2D eigenvalue weighted by Gasteiger charge is -2.10. The van der Waals surface area contributed by atoms with Crippen LogP contribution in [-0.4, -0.2) is 32.8 Å². The van der Waals surface area contributed by atoms with Gasteiger partial charge in [-0.25, -0.2) is 0 Å². The van der Waals surface area contributed by atoms with Gasteiger partial charge in [0.15, 0.2) is 0 Å². The molecule has 0 aliphatic heterocycles. The Kier molecular flexibility index (Phi) is 5.14. The van der Waals surface area contributed by atoms with Crippen molar-refractivity contribution < 1.29 is 14.1 Å². The van der Waals surface area contributed by atoms with Crippen LogP contribution in [0, 0.1) is 0 Å². The van der Waals surface area contributed by atoms with Gasteiger partial charge in [-0.05, 0) is 12.0 Å². The van der Waals surface area contributed by atoms with E-state index in [1.165, 1.54) is 0 Å². The molecule has 5 heteroatoms. The quantitative estimate of drug-likeness (QED) is 0.755. The third-order valence-electron chi connectivity index (χ3n) is 2.03. The smallest absolute Gasteiger partial charge is 0.316 e. The van der Waals surface area contributed by atoms with Crippen molar-refractivity contribution in [2.45, 2.75) is 12.5 Å². The Labute approximate surface area is 96.9 Å². The summed E-state index contributed by atoms with van der Waals surface area (Å²) < 4.78 is 11.3. The topological polar surface area (TPSA) is 80.4 Å². The fourth-order valence-electron chi connectivity index (χ4n) is 1.41. The average molecular weight is 241 g/mol. The number of carboxylic acid groups (broad SMARTS) is 1. The van der Waals surface area contributed by atoms with E-state index in [9.17, 15) is 9.00 Å². The van der Waals surface area contributed by atoms with Crippen LogP contribution in [0.15, 0.2) is 30.3 Å². The van der Waals surface area contributed by atoms with E-state index in [2.05, 4.69) is 0 Å². The van der Waals surface area contributed by atoms with Gasteiger partial charge in [0.25, 0.3) is 0 Å². The largest absolute Gasteiger partial charge is 0.481 e. The Morgan fingerprint density at radius 2 is 2.00 bits per heavy atom. The molecule has 0 aromatic heterocycles. The van der Waals surface area contributed by atoms with Crippen LogP contribution in [0.5, 0.6) is 0 Å². The fourth-order valence-corrected chi connectivity index (χ4v) is 2.40. The van der Waals surface area contributed by atoms with Crippen LogP contribution in [0.25, 0.3) is 0 Å². The molecule has 2 atom stereocenters. The first kappa shape index (κ1) is 12.9. The van der Waals surface area contributed by atoms with Gasteiger partial charge in [-0.2, -0.15) is 0 Å². The van der Waals surface area contributed by atoms with E-state index >= 15 is 0 Å². The van der Waals surface area contributed by atoms with E-state index in [1.807, 2.05) is 30.3 Å². The van der Waals surface area contributed by atoms with Crippen LogP contribution < -0.4 is 5.73 Å². The Morgan fingerprint density at radius 1 is 1.38 bits per heavy atom. The zero-order valence-corrected chi connectivity index (χ0v) is 9.65. The maximum Gasteiger partial charge on any atom is 0.316 e. The predicted molar refractivity (Wildman–Crippen MR) is 63.6 cm³/mol. The first-order chi connectivity index (χ1) is 7.58. The first-order valence-corrected chi connectivity index (χ1v) is 6.43. The van der Waals surface area contributed by atoms with Gasteiger partial charge in [0, 0.05) is 22.6 Å². The van der Waals surface area contributed by atoms with Gasteiger partial charge >= 0.3 is 5.97 Å². The van der Waals surface area contributed by atoms with Gasteiger partial charge in [-0.3, -0.25) is 9.00 Å². The van der Waals surface area contributed by atoms with Gasteiger partial charge in [0.1, 0.15) is 5.75 Å². The lowest BCUT2D eigenvalue weighted by Crippen LogP contribution is -2.31. The summed E-state index contributed by atoms with van der Waals surface area (Å²) in [6.45, 7) is 0. The van der Waals surface area contributed by atoms with E-state index in [1.54, 1.807) is 0 Å². The summed E-state index contributed by atoms with van der Waals surface area (Å²) in [6.07, 6.45) is 0.617. The highest BCUT2D eigenvalue weighted by molar-refractivity contribution is 7.85. The van der Waals surface area contributed by atoms with E-state index in [-0.39, 0.29) is 17.5 Å². The minimum Gasteiger partial charge on any atom is -0.481 e. The number of hydrogen-bond acceptors (Lipinski definition) is 3. The van der Waals surface area contributed by atoms with Gasteiger partial charge < -0.3 is 10.8 Å². The highest BCUT2D eigenvalue weighted by Gasteiger charge is 2.11. The van der Waals surface area contributed by atoms with E-state index in [0.29, 0.717) is 6.42 Å². The molecule has 0 saturated carbocycles. The lowest BCUT2D eigenvalue weighted by atomic mass is 10.1. The number of hydrogen-bond donors (Lipinski definition) is 2. The van der Waals surface area contributed by atoms with E-state index in [0.717, 1.165) is 5.56 Å². The second-order valence-electron chi connectivity index (χ2n) is 3.59. The molecule has 1 aromatic rings. The highest BCUT2D eigenvalue weighted by atomic mass is 32.2. The normalized spacial score (nSPS) is 14.3. The first-order valence-electron chi connectivity index (χ1n) is 4.94. The number of rotatable bonds is 6. The monoisotopic (exact) mass is 241 g/mol. The molecular formula is C11H15NO3S. The van der Waals surface area contributed by atoms with E-state index in [4.69, 9.17) is 10.8 Å². The lowest BCUT2D eigenvalue weighted by molar-refractivity contribution is -0.133. The Balaban J connectivity index is 2.39. The molecule has 0 fully saturated rings. The average Bonchev–Trinajstić information content (AvgIpc) is 2.17. The molecule has 1 rings (SSSR count). The SMILES string of the molecule is NC(Cc1ccccc1)C[S@](=O)CC(=O)O. The van der Waals surface area contributed by atoms with Crippen LogP contribution >= 0.6 is 0 Å². The summed E-state index contributed by atoms with van der Waals surface area (Å²) in [5.41, 5.74) is 6.87. The second kappa shape index (κ2) is 6.40. The van der Waals surface area contributed by atoms with Gasteiger partial charge in [-0.15, -0.1) is 0 Å². The number of carbonyl (C=O) groups is 1. The number of carboxylic acids is 1.